The lowest BCUT2D eigenvalue weighted by molar-refractivity contribution is -0.108. The van der Waals surface area contributed by atoms with Gasteiger partial charge >= 0.3 is 0 Å². The van der Waals surface area contributed by atoms with E-state index in [-0.39, 0.29) is 5.92 Å². The Morgan fingerprint density at radius 3 is 2.80 bits per heavy atom. The summed E-state index contributed by atoms with van der Waals surface area (Å²) in [6.07, 6.45) is 0.956. The molecule has 1 aromatic rings. The topological polar surface area (TPSA) is 26.3 Å². The van der Waals surface area contributed by atoms with Gasteiger partial charge in [-0.15, -0.1) is 0 Å². The van der Waals surface area contributed by atoms with E-state index in [9.17, 15) is 4.79 Å². The molecule has 0 aliphatic rings. The summed E-state index contributed by atoms with van der Waals surface area (Å²) >= 11 is 3.43. The van der Waals surface area contributed by atoms with Crippen molar-refractivity contribution in [2.45, 2.75) is 25.1 Å². The number of alkyl halides is 1. The molecule has 0 aliphatic carbocycles. The van der Waals surface area contributed by atoms with Gasteiger partial charge in [-0.3, -0.25) is 0 Å². The van der Waals surface area contributed by atoms with Crippen molar-refractivity contribution in [3.05, 3.63) is 29.3 Å². The van der Waals surface area contributed by atoms with Crippen molar-refractivity contribution in [1.29, 1.82) is 0 Å². The van der Waals surface area contributed by atoms with E-state index in [0.717, 1.165) is 23.2 Å². The van der Waals surface area contributed by atoms with Crippen molar-refractivity contribution in [1.82, 2.24) is 0 Å². The fourth-order valence-electron chi connectivity index (χ4n) is 1.52. The summed E-state index contributed by atoms with van der Waals surface area (Å²) in [5, 5.41) is 0.705. The largest absolute Gasteiger partial charge is 0.494 e. The molecule has 1 atom stereocenters. The van der Waals surface area contributed by atoms with Crippen LogP contribution in [-0.4, -0.2) is 12.9 Å². The van der Waals surface area contributed by atoms with Crippen molar-refractivity contribution in [2.75, 3.05) is 6.61 Å². The molecule has 2 nitrogen and oxygen atoms in total. The molecule has 15 heavy (non-hydrogen) atoms. The summed E-state index contributed by atoms with van der Waals surface area (Å²) in [6, 6.07) is 5.83. The molecule has 1 aromatic carbocycles. The average Bonchev–Trinajstić information content (AvgIpc) is 2.28. The minimum atomic E-state index is -0.0852. The van der Waals surface area contributed by atoms with E-state index in [1.54, 1.807) is 0 Å². The van der Waals surface area contributed by atoms with E-state index in [4.69, 9.17) is 4.74 Å². The van der Waals surface area contributed by atoms with E-state index in [2.05, 4.69) is 15.9 Å². The maximum absolute atomic E-state index is 10.8. The molecule has 1 rings (SSSR count). The van der Waals surface area contributed by atoms with Gasteiger partial charge in [0, 0.05) is 16.8 Å². The summed E-state index contributed by atoms with van der Waals surface area (Å²) in [4.78, 5) is 10.8. The van der Waals surface area contributed by atoms with Gasteiger partial charge in [0.2, 0.25) is 0 Å². The van der Waals surface area contributed by atoms with Crippen molar-refractivity contribution in [3.63, 3.8) is 0 Å². The number of halogens is 1. The highest BCUT2D eigenvalue weighted by atomic mass is 79.9. The fourth-order valence-corrected chi connectivity index (χ4v) is 2.12. The molecule has 0 N–H and O–H groups in total. The van der Waals surface area contributed by atoms with Gasteiger partial charge in [-0.2, -0.15) is 0 Å². The molecule has 1 unspecified atom stereocenters. The van der Waals surface area contributed by atoms with Crippen LogP contribution in [0.5, 0.6) is 5.75 Å². The van der Waals surface area contributed by atoms with Crippen molar-refractivity contribution >= 4 is 22.2 Å². The summed E-state index contributed by atoms with van der Waals surface area (Å²) in [7, 11) is 0. The third-order valence-corrected chi connectivity index (χ3v) is 2.86. The lowest BCUT2D eigenvalue weighted by Gasteiger charge is -2.14. The van der Waals surface area contributed by atoms with Gasteiger partial charge < -0.3 is 9.53 Å². The van der Waals surface area contributed by atoms with Crippen LogP contribution >= 0.6 is 15.9 Å². The van der Waals surface area contributed by atoms with Crippen LogP contribution in [0, 0.1) is 0 Å². The molecule has 0 heterocycles. The van der Waals surface area contributed by atoms with Gasteiger partial charge in [-0.05, 0) is 18.6 Å². The highest BCUT2D eigenvalue weighted by molar-refractivity contribution is 9.08. The monoisotopic (exact) mass is 270 g/mol. The zero-order valence-corrected chi connectivity index (χ0v) is 10.6. The Morgan fingerprint density at radius 2 is 2.27 bits per heavy atom. The molecule has 0 radical (unpaired) electrons. The molecular formula is C12H15BrO2. The first kappa shape index (κ1) is 12.2. The van der Waals surface area contributed by atoms with E-state index in [1.165, 1.54) is 0 Å². The van der Waals surface area contributed by atoms with Crippen LogP contribution in [0.1, 0.15) is 30.9 Å². The van der Waals surface area contributed by atoms with E-state index >= 15 is 0 Å². The van der Waals surface area contributed by atoms with Crippen LogP contribution in [0.2, 0.25) is 0 Å². The first-order chi connectivity index (χ1) is 7.24. The quantitative estimate of drug-likeness (QED) is 0.606. The SMILES string of the molecule is CCOc1cccc(C(C)C=O)c1CBr. The predicted octanol–water partition coefficient (Wildman–Crippen LogP) is 3.28. The molecule has 0 aromatic heterocycles. The average molecular weight is 271 g/mol. The van der Waals surface area contributed by atoms with Crippen LogP contribution in [0.3, 0.4) is 0 Å². The number of carbonyl (C=O) groups is 1. The summed E-state index contributed by atoms with van der Waals surface area (Å²) < 4.78 is 5.52. The highest BCUT2D eigenvalue weighted by Crippen LogP contribution is 2.29. The molecule has 0 bridgehead atoms. The Balaban J connectivity index is 3.15. The fraction of sp³-hybridized carbons (Fsp3) is 0.417. The lowest BCUT2D eigenvalue weighted by Crippen LogP contribution is -2.03. The first-order valence-electron chi connectivity index (χ1n) is 5.00. The van der Waals surface area contributed by atoms with E-state index in [0.29, 0.717) is 11.9 Å². The number of hydrogen-bond acceptors (Lipinski definition) is 2. The summed E-state index contributed by atoms with van der Waals surface area (Å²) in [5.41, 5.74) is 2.10. The van der Waals surface area contributed by atoms with Crippen molar-refractivity contribution in [2.24, 2.45) is 0 Å². The number of rotatable bonds is 5. The summed E-state index contributed by atoms with van der Waals surface area (Å²) in [5.74, 6) is 0.776. The Morgan fingerprint density at radius 1 is 1.53 bits per heavy atom. The molecule has 0 saturated heterocycles. The Kier molecular flexibility index (Phi) is 4.82. The van der Waals surface area contributed by atoms with Crippen LogP contribution in [0.25, 0.3) is 0 Å². The van der Waals surface area contributed by atoms with Gasteiger partial charge in [-0.25, -0.2) is 0 Å². The zero-order chi connectivity index (χ0) is 11.3. The van der Waals surface area contributed by atoms with Gasteiger partial charge in [0.25, 0.3) is 0 Å². The molecule has 3 heteroatoms. The number of aldehydes is 1. The van der Waals surface area contributed by atoms with Crippen molar-refractivity contribution in [3.8, 4) is 5.75 Å². The summed E-state index contributed by atoms with van der Waals surface area (Å²) in [6.45, 7) is 4.48. The van der Waals surface area contributed by atoms with Crippen molar-refractivity contribution < 1.29 is 9.53 Å². The third-order valence-electron chi connectivity index (χ3n) is 2.30. The second kappa shape index (κ2) is 5.91. The van der Waals surface area contributed by atoms with Crippen LogP contribution in [0.15, 0.2) is 18.2 Å². The third kappa shape index (κ3) is 2.81. The minimum Gasteiger partial charge on any atom is -0.494 e. The lowest BCUT2D eigenvalue weighted by atomic mass is 9.97. The van der Waals surface area contributed by atoms with Gasteiger partial charge in [0.1, 0.15) is 12.0 Å². The minimum absolute atomic E-state index is 0.0852. The van der Waals surface area contributed by atoms with Gasteiger partial charge in [-0.1, -0.05) is 35.0 Å². The normalized spacial score (nSPS) is 12.2. The predicted molar refractivity (Wildman–Crippen MR) is 64.7 cm³/mol. The number of carbonyl (C=O) groups excluding carboxylic acids is 1. The molecule has 82 valence electrons. The number of ether oxygens (including phenoxy) is 1. The van der Waals surface area contributed by atoms with Crippen LogP contribution < -0.4 is 4.74 Å². The van der Waals surface area contributed by atoms with Crippen LogP contribution in [0.4, 0.5) is 0 Å². The first-order valence-corrected chi connectivity index (χ1v) is 6.12. The number of benzene rings is 1. The van der Waals surface area contributed by atoms with Gasteiger partial charge in [0.15, 0.2) is 0 Å². The van der Waals surface area contributed by atoms with E-state index < -0.39 is 0 Å². The number of hydrogen-bond donors (Lipinski definition) is 0. The van der Waals surface area contributed by atoms with Gasteiger partial charge in [0.05, 0.1) is 6.61 Å². The highest BCUT2D eigenvalue weighted by Gasteiger charge is 2.12. The maximum atomic E-state index is 10.8. The second-order valence-electron chi connectivity index (χ2n) is 3.32. The van der Waals surface area contributed by atoms with Crippen LogP contribution in [-0.2, 0) is 10.1 Å². The second-order valence-corrected chi connectivity index (χ2v) is 3.88. The standard InChI is InChI=1S/C12H15BrO2/c1-3-15-12-6-4-5-10(9(2)8-14)11(12)7-13/h4-6,8-9H,3,7H2,1-2H3. The Labute approximate surface area is 98.8 Å². The maximum Gasteiger partial charge on any atom is 0.127 e. The molecule has 0 aliphatic heterocycles. The Bertz CT molecular complexity index is 336. The molecule has 0 amide bonds. The molecular weight excluding hydrogens is 256 g/mol. The molecule has 0 fully saturated rings. The molecule has 0 spiro atoms. The smallest absolute Gasteiger partial charge is 0.127 e. The Hall–Kier alpha value is -0.830. The van der Waals surface area contributed by atoms with E-state index in [1.807, 2.05) is 32.0 Å². The zero-order valence-electron chi connectivity index (χ0n) is 9.00. The molecule has 0 saturated carbocycles.